The number of carbonyl (C=O) groups is 1. The van der Waals surface area contributed by atoms with Crippen LogP contribution in [0.25, 0.3) is 11.1 Å². The van der Waals surface area contributed by atoms with Gasteiger partial charge in [0.25, 0.3) is 0 Å². The minimum absolute atomic E-state index is 0.121. The lowest BCUT2D eigenvalue weighted by Gasteiger charge is -2.15. The van der Waals surface area contributed by atoms with Crippen molar-refractivity contribution in [2.75, 3.05) is 27.9 Å². The number of hydrogen-bond acceptors (Lipinski definition) is 6. The van der Waals surface area contributed by atoms with Crippen LogP contribution in [0, 0.1) is 0 Å². The third kappa shape index (κ3) is 4.64. The van der Waals surface area contributed by atoms with E-state index in [0.717, 1.165) is 22.3 Å². The molecule has 0 aliphatic carbocycles. The van der Waals surface area contributed by atoms with Crippen LogP contribution in [-0.4, -0.2) is 39.9 Å². The minimum atomic E-state index is -0.163. The van der Waals surface area contributed by atoms with Crippen LogP contribution in [-0.2, 0) is 17.6 Å². The summed E-state index contributed by atoms with van der Waals surface area (Å²) in [6.45, 7) is 0.391. The Bertz CT molecular complexity index is 1090. The van der Waals surface area contributed by atoms with Crippen LogP contribution < -0.4 is 24.3 Å². The maximum atomic E-state index is 12.6. The van der Waals surface area contributed by atoms with Gasteiger partial charge in [-0.15, -0.1) is 0 Å². The summed E-state index contributed by atoms with van der Waals surface area (Å²) in [4.78, 5) is 12.6. The summed E-state index contributed by atoms with van der Waals surface area (Å²) in [7, 11) is 4.64. The highest BCUT2D eigenvalue weighted by Gasteiger charge is 2.26. The average molecular weight is 474 g/mol. The van der Waals surface area contributed by atoms with Gasteiger partial charge < -0.3 is 24.3 Å². The van der Waals surface area contributed by atoms with Crippen molar-refractivity contribution in [1.82, 2.24) is 5.32 Å². The molecule has 8 heteroatoms. The van der Waals surface area contributed by atoms with Gasteiger partial charge in [-0.05, 0) is 57.8 Å². The SMILES string of the molecule is COc1cc(CC(=O)NC[C@H]2Cc3cc(-c4ccsc4)cc(Cl)c3O2)cc(OC)c1OC. The quantitative estimate of drug-likeness (QED) is 0.511. The largest absolute Gasteiger partial charge is 0.493 e. The van der Waals surface area contributed by atoms with Crippen LogP contribution in [0.5, 0.6) is 23.0 Å². The Hall–Kier alpha value is -2.90. The Morgan fingerprint density at radius 1 is 1.12 bits per heavy atom. The zero-order chi connectivity index (χ0) is 22.7. The number of amides is 1. The summed E-state index contributed by atoms with van der Waals surface area (Å²) in [5.74, 6) is 2.11. The molecule has 0 saturated heterocycles. The molecule has 0 unspecified atom stereocenters. The highest BCUT2D eigenvalue weighted by Crippen LogP contribution is 2.40. The minimum Gasteiger partial charge on any atom is -0.493 e. The first-order valence-corrected chi connectivity index (χ1v) is 11.4. The van der Waals surface area contributed by atoms with Crippen LogP contribution in [0.1, 0.15) is 11.1 Å². The molecule has 1 atom stereocenters. The fraction of sp³-hybridized carbons (Fsp3) is 0.292. The number of rotatable bonds is 8. The first-order valence-electron chi connectivity index (χ1n) is 10.1. The van der Waals surface area contributed by atoms with Gasteiger partial charge in [0.2, 0.25) is 11.7 Å². The molecule has 1 aromatic heterocycles. The summed E-state index contributed by atoms with van der Waals surface area (Å²) < 4.78 is 22.1. The van der Waals surface area contributed by atoms with Gasteiger partial charge in [0.1, 0.15) is 11.9 Å². The van der Waals surface area contributed by atoms with E-state index in [1.807, 2.05) is 11.4 Å². The fourth-order valence-electron chi connectivity index (χ4n) is 3.81. The maximum Gasteiger partial charge on any atom is 0.224 e. The Morgan fingerprint density at radius 2 is 1.88 bits per heavy atom. The molecular weight excluding hydrogens is 450 g/mol. The predicted octanol–water partition coefficient (Wildman–Crippen LogP) is 4.76. The summed E-state index contributed by atoms with van der Waals surface area (Å²) >= 11 is 8.11. The molecule has 0 saturated carbocycles. The van der Waals surface area contributed by atoms with Crippen molar-refractivity contribution in [2.45, 2.75) is 18.9 Å². The van der Waals surface area contributed by atoms with Crippen LogP contribution in [0.2, 0.25) is 5.02 Å². The van der Waals surface area contributed by atoms with Crippen molar-refractivity contribution in [3.63, 3.8) is 0 Å². The molecule has 2 aromatic carbocycles. The molecule has 0 bridgehead atoms. The normalized spacial score (nSPS) is 14.4. The molecule has 0 radical (unpaired) electrons. The number of hydrogen-bond donors (Lipinski definition) is 1. The Balaban J connectivity index is 1.38. The number of thiophene rings is 1. The Labute approximate surface area is 196 Å². The second-order valence-electron chi connectivity index (χ2n) is 7.42. The van der Waals surface area contributed by atoms with E-state index in [1.165, 1.54) is 0 Å². The summed E-state index contributed by atoms with van der Waals surface area (Å²) in [6, 6.07) is 9.65. The number of fused-ring (bicyclic) bond motifs is 1. The van der Waals surface area contributed by atoms with E-state index < -0.39 is 0 Å². The summed E-state index contributed by atoms with van der Waals surface area (Å²) in [5.41, 5.74) is 4.03. The number of nitrogens with one attached hydrogen (secondary N) is 1. The van der Waals surface area contributed by atoms with Gasteiger partial charge in [-0.3, -0.25) is 4.79 Å². The van der Waals surface area contributed by atoms with Gasteiger partial charge in [-0.1, -0.05) is 11.6 Å². The van der Waals surface area contributed by atoms with E-state index in [2.05, 4.69) is 22.8 Å². The zero-order valence-electron chi connectivity index (χ0n) is 18.1. The third-order valence-electron chi connectivity index (χ3n) is 5.32. The molecule has 3 aromatic rings. The van der Waals surface area contributed by atoms with Gasteiger partial charge >= 0.3 is 0 Å². The molecule has 1 amide bonds. The molecule has 32 heavy (non-hydrogen) atoms. The van der Waals surface area contributed by atoms with Crippen molar-refractivity contribution in [3.05, 3.63) is 57.2 Å². The van der Waals surface area contributed by atoms with Crippen LogP contribution in [0.4, 0.5) is 0 Å². The molecule has 168 valence electrons. The van der Waals surface area contributed by atoms with Crippen LogP contribution in [0.15, 0.2) is 41.1 Å². The standard InChI is InChI=1S/C24H24ClNO5S/c1-28-20-6-14(7-21(29-2)24(20)30-3)8-22(27)26-12-18-10-17-9-16(15-4-5-32-13-15)11-19(25)23(17)31-18/h4-7,9,11,13,18H,8,10,12H2,1-3H3,(H,26,27)/t18-/m1/s1. The van der Waals surface area contributed by atoms with Crippen molar-refractivity contribution < 1.29 is 23.7 Å². The molecule has 6 nitrogen and oxygen atoms in total. The predicted molar refractivity (Wildman–Crippen MR) is 126 cm³/mol. The molecule has 2 heterocycles. The summed E-state index contributed by atoms with van der Waals surface area (Å²) in [5, 5.41) is 7.68. The van der Waals surface area contributed by atoms with E-state index >= 15 is 0 Å². The molecule has 0 spiro atoms. The van der Waals surface area contributed by atoms with E-state index in [1.54, 1.807) is 44.8 Å². The number of carbonyl (C=O) groups excluding carboxylic acids is 1. The van der Waals surface area contributed by atoms with E-state index in [9.17, 15) is 4.79 Å². The number of methoxy groups -OCH3 is 3. The molecule has 1 N–H and O–H groups in total. The number of ether oxygens (including phenoxy) is 4. The number of benzene rings is 2. The third-order valence-corrected chi connectivity index (χ3v) is 6.29. The first-order chi connectivity index (χ1) is 15.5. The Kier molecular flexibility index (Phi) is 6.77. The Morgan fingerprint density at radius 3 is 2.50 bits per heavy atom. The fourth-order valence-corrected chi connectivity index (χ4v) is 4.76. The van der Waals surface area contributed by atoms with Gasteiger partial charge in [-0.25, -0.2) is 0 Å². The van der Waals surface area contributed by atoms with Crippen molar-refractivity contribution in [2.24, 2.45) is 0 Å². The molecule has 0 fully saturated rings. The average Bonchev–Trinajstić information content (AvgIpc) is 3.47. The van der Waals surface area contributed by atoms with Crippen molar-refractivity contribution in [1.29, 1.82) is 0 Å². The molecular formula is C24H24ClNO5S. The highest BCUT2D eigenvalue weighted by atomic mass is 35.5. The lowest BCUT2D eigenvalue weighted by atomic mass is 10.0. The molecule has 4 rings (SSSR count). The lowest BCUT2D eigenvalue weighted by molar-refractivity contribution is -0.120. The number of halogens is 1. The maximum absolute atomic E-state index is 12.6. The van der Waals surface area contributed by atoms with E-state index in [4.69, 9.17) is 30.5 Å². The highest BCUT2D eigenvalue weighted by molar-refractivity contribution is 7.08. The van der Waals surface area contributed by atoms with E-state index in [-0.39, 0.29) is 18.4 Å². The monoisotopic (exact) mass is 473 g/mol. The second-order valence-corrected chi connectivity index (χ2v) is 8.60. The summed E-state index contributed by atoms with van der Waals surface area (Å²) in [6.07, 6.45) is 0.709. The van der Waals surface area contributed by atoms with Gasteiger partial charge in [0.15, 0.2) is 11.5 Å². The van der Waals surface area contributed by atoms with Crippen molar-refractivity contribution in [3.8, 4) is 34.1 Å². The van der Waals surface area contributed by atoms with Crippen LogP contribution in [0.3, 0.4) is 0 Å². The topological polar surface area (TPSA) is 66.0 Å². The van der Waals surface area contributed by atoms with E-state index in [0.29, 0.717) is 41.0 Å². The van der Waals surface area contributed by atoms with Gasteiger partial charge in [0, 0.05) is 12.0 Å². The smallest absolute Gasteiger partial charge is 0.224 e. The second kappa shape index (κ2) is 9.71. The van der Waals surface area contributed by atoms with Gasteiger partial charge in [-0.2, -0.15) is 11.3 Å². The lowest BCUT2D eigenvalue weighted by Crippen LogP contribution is -2.35. The first kappa shape index (κ1) is 22.3. The zero-order valence-corrected chi connectivity index (χ0v) is 19.6. The molecule has 1 aliphatic rings. The van der Waals surface area contributed by atoms with Crippen LogP contribution >= 0.6 is 22.9 Å². The molecule has 1 aliphatic heterocycles. The van der Waals surface area contributed by atoms with Gasteiger partial charge in [0.05, 0.1) is 39.3 Å². The van der Waals surface area contributed by atoms with Crippen molar-refractivity contribution >= 4 is 28.8 Å².